The predicted octanol–water partition coefficient (Wildman–Crippen LogP) is 1.33. The van der Waals surface area contributed by atoms with Gasteiger partial charge in [0.1, 0.15) is 12.6 Å². The highest BCUT2D eigenvalue weighted by Gasteiger charge is 2.48. The maximum atomic E-state index is 12.7. The fourth-order valence-corrected chi connectivity index (χ4v) is 1.99. The van der Waals surface area contributed by atoms with Crippen molar-refractivity contribution in [3.8, 4) is 0 Å². The molecule has 0 radical (unpaired) electrons. The number of carbonyl (C=O) groups excluding carboxylic acids is 1. The summed E-state index contributed by atoms with van der Waals surface area (Å²) in [5.74, 6) is -0.778. The zero-order chi connectivity index (χ0) is 13.3. The van der Waals surface area contributed by atoms with Gasteiger partial charge in [0.2, 0.25) is 0 Å². The van der Waals surface area contributed by atoms with Crippen molar-refractivity contribution in [1.29, 1.82) is 0 Å². The van der Waals surface area contributed by atoms with Gasteiger partial charge in [-0.15, -0.1) is 0 Å². The normalized spacial score (nSPS) is 20.4. The number of amides is 1. The van der Waals surface area contributed by atoms with Crippen LogP contribution in [-0.4, -0.2) is 39.8 Å². The molecule has 2 heterocycles. The lowest BCUT2D eigenvalue weighted by Crippen LogP contribution is -2.44. The monoisotopic (exact) mass is 264 g/mol. The molecule has 0 aliphatic carbocycles. The molecule has 0 aromatic carbocycles. The number of alkyl halides is 3. The standard InChI is InChI=1S/C10H11F3N2O3/c11-10(12,13)8-2-1-3-15(8)9(17)7-4-6(5-16)18-14-7/h4,8,16H,1-3,5H2/t8-/m0/s1. The first-order chi connectivity index (χ1) is 8.43. The highest BCUT2D eigenvalue weighted by atomic mass is 19.4. The van der Waals surface area contributed by atoms with Gasteiger partial charge in [0.15, 0.2) is 11.5 Å². The molecule has 5 nitrogen and oxygen atoms in total. The number of aliphatic hydroxyl groups excluding tert-OH is 1. The summed E-state index contributed by atoms with van der Waals surface area (Å²) in [4.78, 5) is 12.6. The van der Waals surface area contributed by atoms with Crippen LogP contribution in [0.15, 0.2) is 10.6 Å². The SMILES string of the molecule is O=C(c1cc(CO)on1)N1CCC[C@H]1C(F)(F)F. The zero-order valence-corrected chi connectivity index (χ0v) is 9.28. The first-order valence-corrected chi connectivity index (χ1v) is 5.37. The van der Waals surface area contributed by atoms with Crippen LogP contribution in [-0.2, 0) is 6.61 Å². The van der Waals surface area contributed by atoms with Crippen LogP contribution in [0.1, 0.15) is 29.1 Å². The first kappa shape index (κ1) is 12.9. The molecule has 8 heteroatoms. The second-order valence-electron chi connectivity index (χ2n) is 4.03. The molecule has 1 N–H and O–H groups in total. The Kier molecular flexibility index (Phi) is 3.29. The highest BCUT2D eigenvalue weighted by Crippen LogP contribution is 2.33. The molecule has 2 rings (SSSR count). The van der Waals surface area contributed by atoms with Crippen molar-refractivity contribution >= 4 is 5.91 Å². The molecule has 1 atom stereocenters. The molecule has 1 amide bonds. The maximum Gasteiger partial charge on any atom is 0.408 e. The number of aromatic nitrogens is 1. The Balaban J connectivity index is 2.18. The fourth-order valence-electron chi connectivity index (χ4n) is 1.99. The summed E-state index contributed by atoms with van der Waals surface area (Å²) in [6, 6.07) is -0.618. The minimum atomic E-state index is -4.43. The van der Waals surface area contributed by atoms with Crippen LogP contribution >= 0.6 is 0 Å². The van der Waals surface area contributed by atoms with E-state index < -0.39 is 24.7 Å². The minimum absolute atomic E-state index is 0.0427. The average Bonchev–Trinajstić information content (AvgIpc) is 2.96. The van der Waals surface area contributed by atoms with Gasteiger partial charge in [0.25, 0.3) is 5.91 Å². The Morgan fingerprint density at radius 1 is 1.61 bits per heavy atom. The second-order valence-corrected chi connectivity index (χ2v) is 4.03. The Morgan fingerprint density at radius 2 is 2.33 bits per heavy atom. The van der Waals surface area contributed by atoms with E-state index in [-0.39, 0.29) is 24.4 Å². The van der Waals surface area contributed by atoms with Crippen LogP contribution < -0.4 is 0 Å². The summed E-state index contributed by atoms with van der Waals surface area (Å²) in [6.45, 7) is -0.409. The number of rotatable bonds is 2. The molecule has 100 valence electrons. The lowest BCUT2D eigenvalue weighted by atomic mass is 10.2. The molecule has 1 aliphatic rings. The second kappa shape index (κ2) is 4.60. The summed E-state index contributed by atoms with van der Waals surface area (Å²) < 4.78 is 42.6. The number of hydrogen-bond donors (Lipinski definition) is 1. The quantitative estimate of drug-likeness (QED) is 0.875. The van der Waals surface area contributed by atoms with Gasteiger partial charge in [-0.05, 0) is 12.8 Å². The van der Waals surface area contributed by atoms with Gasteiger partial charge in [-0.1, -0.05) is 5.16 Å². The molecule has 1 aliphatic heterocycles. The number of aliphatic hydroxyl groups is 1. The van der Waals surface area contributed by atoms with Crippen molar-refractivity contribution in [1.82, 2.24) is 10.1 Å². The van der Waals surface area contributed by atoms with E-state index in [2.05, 4.69) is 9.68 Å². The molecule has 18 heavy (non-hydrogen) atoms. The Bertz CT molecular complexity index is 444. The van der Waals surface area contributed by atoms with Crippen molar-refractivity contribution in [2.75, 3.05) is 6.54 Å². The lowest BCUT2D eigenvalue weighted by Gasteiger charge is -2.25. The minimum Gasteiger partial charge on any atom is -0.388 e. The van der Waals surface area contributed by atoms with Crippen LogP contribution in [0, 0.1) is 0 Å². The molecule has 0 saturated carbocycles. The average molecular weight is 264 g/mol. The van der Waals surface area contributed by atoms with Crippen molar-refractivity contribution in [3.05, 3.63) is 17.5 Å². The molecule has 1 aromatic heterocycles. The van der Waals surface area contributed by atoms with Crippen LogP contribution in [0.3, 0.4) is 0 Å². The van der Waals surface area contributed by atoms with Gasteiger partial charge in [0.05, 0.1) is 0 Å². The molecular formula is C10H11F3N2O3. The maximum absolute atomic E-state index is 12.7. The van der Waals surface area contributed by atoms with Crippen LogP contribution in [0.4, 0.5) is 13.2 Å². The molecule has 1 saturated heterocycles. The highest BCUT2D eigenvalue weighted by molar-refractivity contribution is 5.92. The van der Waals surface area contributed by atoms with E-state index in [4.69, 9.17) is 5.11 Å². The van der Waals surface area contributed by atoms with Crippen molar-refractivity contribution in [3.63, 3.8) is 0 Å². The number of hydrogen-bond acceptors (Lipinski definition) is 4. The summed E-state index contributed by atoms with van der Waals surface area (Å²) in [5, 5.41) is 12.1. The number of halogens is 3. The predicted molar refractivity (Wildman–Crippen MR) is 52.5 cm³/mol. The zero-order valence-electron chi connectivity index (χ0n) is 9.28. The number of likely N-dealkylation sites (tertiary alicyclic amines) is 1. The van der Waals surface area contributed by atoms with Gasteiger partial charge >= 0.3 is 6.18 Å². The van der Waals surface area contributed by atoms with Crippen molar-refractivity contribution in [2.24, 2.45) is 0 Å². The summed E-state index contributed by atoms with van der Waals surface area (Å²) in [6.07, 6.45) is -4.23. The van der Waals surface area contributed by atoms with E-state index in [1.807, 2.05) is 0 Å². The topological polar surface area (TPSA) is 66.6 Å². The molecule has 0 spiro atoms. The molecule has 1 fully saturated rings. The van der Waals surface area contributed by atoms with E-state index >= 15 is 0 Å². The fraction of sp³-hybridized carbons (Fsp3) is 0.600. The molecular weight excluding hydrogens is 253 g/mol. The number of carbonyl (C=O) groups is 1. The summed E-state index contributed by atoms with van der Waals surface area (Å²) in [7, 11) is 0. The Hall–Kier alpha value is -1.57. The molecule has 1 aromatic rings. The van der Waals surface area contributed by atoms with E-state index in [0.29, 0.717) is 6.42 Å². The lowest BCUT2D eigenvalue weighted by molar-refractivity contribution is -0.169. The third-order valence-electron chi connectivity index (χ3n) is 2.83. The Morgan fingerprint density at radius 3 is 2.89 bits per heavy atom. The summed E-state index contributed by atoms with van der Waals surface area (Å²) in [5.41, 5.74) is -0.213. The largest absolute Gasteiger partial charge is 0.408 e. The van der Waals surface area contributed by atoms with Crippen LogP contribution in [0.2, 0.25) is 0 Å². The van der Waals surface area contributed by atoms with Crippen LogP contribution in [0.5, 0.6) is 0 Å². The van der Waals surface area contributed by atoms with Gasteiger partial charge in [-0.2, -0.15) is 13.2 Å². The smallest absolute Gasteiger partial charge is 0.388 e. The van der Waals surface area contributed by atoms with Gasteiger partial charge in [0, 0.05) is 12.6 Å². The van der Waals surface area contributed by atoms with E-state index in [9.17, 15) is 18.0 Å². The van der Waals surface area contributed by atoms with E-state index in [1.54, 1.807) is 0 Å². The van der Waals surface area contributed by atoms with Gasteiger partial charge < -0.3 is 14.5 Å². The van der Waals surface area contributed by atoms with Crippen molar-refractivity contribution < 1.29 is 27.6 Å². The van der Waals surface area contributed by atoms with E-state index in [1.165, 1.54) is 0 Å². The van der Waals surface area contributed by atoms with E-state index in [0.717, 1.165) is 11.0 Å². The summed E-state index contributed by atoms with van der Waals surface area (Å²) >= 11 is 0. The number of nitrogens with zero attached hydrogens (tertiary/aromatic N) is 2. The van der Waals surface area contributed by atoms with Crippen molar-refractivity contribution in [2.45, 2.75) is 31.7 Å². The third-order valence-corrected chi connectivity index (χ3v) is 2.83. The molecule has 0 unspecified atom stereocenters. The first-order valence-electron chi connectivity index (χ1n) is 5.37. The Labute approximate surface area is 100 Å². The molecule has 0 bridgehead atoms. The third kappa shape index (κ3) is 2.33. The van der Waals surface area contributed by atoms with Crippen LogP contribution in [0.25, 0.3) is 0 Å². The van der Waals surface area contributed by atoms with Gasteiger partial charge in [-0.25, -0.2) is 0 Å². The van der Waals surface area contributed by atoms with Gasteiger partial charge in [-0.3, -0.25) is 4.79 Å².